The largest absolute Gasteiger partial charge is 0.342 e. The molecule has 3 aliphatic rings. The van der Waals surface area contributed by atoms with Crippen molar-refractivity contribution in [2.45, 2.75) is 70.0 Å². The lowest BCUT2D eigenvalue weighted by Crippen LogP contribution is -2.51. The Bertz CT molecular complexity index is 780. The second kappa shape index (κ2) is 5.25. The standard InChI is InChI=1S/C19H22O5S/c1-18(2)21-14-13(12-9-10-7-5-6-8-11(10)25-12)20-17-16(15(14)22-18)23-19(3,4)24-17/h5-9,13-17H,1-4H3/t13-,14+,15+,16-,17-/m1/s1. The molecule has 5 rings (SSSR count). The molecule has 2 aromatic rings. The quantitative estimate of drug-likeness (QED) is 0.768. The summed E-state index contributed by atoms with van der Waals surface area (Å²) in [7, 11) is 0. The van der Waals surface area contributed by atoms with E-state index < -0.39 is 17.9 Å². The molecule has 0 radical (unpaired) electrons. The van der Waals surface area contributed by atoms with Crippen LogP contribution in [0.2, 0.25) is 0 Å². The molecule has 0 bridgehead atoms. The number of ether oxygens (including phenoxy) is 5. The molecule has 0 amide bonds. The zero-order chi connectivity index (χ0) is 17.4. The van der Waals surface area contributed by atoms with Crippen molar-refractivity contribution in [2.24, 2.45) is 0 Å². The molecule has 0 aliphatic carbocycles. The first kappa shape index (κ1) is 16.2. The van der Waals surface area contributed by atoms with Crippen molar-refractivity contribution in [1.82, 2.24) is 0 Å². The summed E-state index contributed by atoms with van der Waals surface area (Å²) in [6.07, 6.45) is -1.41. The molecular formula is C19H22O5S. The molecule has 1 aromatic heterocycles. The SMILES string of the molecule is CC1(C)O[C@H]2[C@@H](O1)[C@@H](c1cc3ccccc3s1)O[C@@H]1OC(C)(C)O[C@@H]12. The van der Waals surface area contributed by atoms with Gasteiger partial charge >= 0.3 is 0 Å². The maximum atomic E-state index is 6.33. The maximum Gasteiger partial charge on any atom is 0.190 e. The van der Waals surface area contributed by atoms with Gasteiger partial charge in [0, 0.05) is 9.58 Å². The Labute approximate surface area is 150 Å². The van der Waals surface area contributed by atoms with Gasteiger partial charge in [0.05, 0.1) is 0 Å². The van der Waals surface area contributed by atoms with Crippen LogP contribution < -0.4 is 0 Å². The number of rotatable bonds is 1. The monoisotopic (exact) mass is 362 g/mol. The van der Waals surface area contributed by atoms with Gasteiger partial charge in [0.25, 0.3) is 0 Å². The predicted molar refractivity (Wildman–Crippen MR) is 93.3 cm³/mol. The summed E-state index contributed by atoms with van der Waals surface area (Å²) in [5, 5.41) is 1.21. The minimum absolute atomic E-state index is 0.217. The number of hydrogen-bond acceptors (Lipinski definition) is 6. The van der Waals surface area contributed by atoms with Crippen molar-refractivity contribution < 1.29 is 23.7 Å². The van der Waals surface area contributed by atoms with E-state index in [1.54, 1.807) is 11.3 Å². The number of thiophene rings is 1. The van der Waals surface area contributed by atoms with E-state index in [9.17, 15) is 0 Å². The van der Waals surface area contributed by atoms with Gasteiger partial charge in [-0.2, -0.15) is 0 Å². The molecular weight excluding hydrogens is 340 g/mol. The summed E-state index contributed by atoms with van der Waals surface area (Å²) in [4.78, 5) is 1.13. The highest BCUT2D eigenvalue weighted by Gasteiger charge is 2.61. The number of hydrogen-bond donors (Lipinski definition) is 0. The molecule has 5 atom stereocenters. The van der Waals surface area contributed by atoms with Crippen LogP contribution in [-0.2, 0) is 23.7 Å². The first-order valence-corrected chi connectivity index (χ1v) is 9.48. The van der Waals surface area contributed by atoms with Crippen molar-refractivity contribution >= 4 is 21.4 Å². The Morgan fingerprint density at radius 2 is 1.52 bits per heavy atom. The van der Waals surface area contributed by atoms with E-state index in [1.807, 2.05) is 33.8 Å². The number of fused-ring (bicyclic) bond motifs is 4. The molecule has 1 aromatic carbocycles. The molecule has 0 saturated carbocycles. The van der Waals surface area contributed by atoms with Crippen LogP contribution in [0.1, 0.15) is 38.7 Å². The van der Waals surface area contributed by atoms with Gasteiger partial charge in [-0.1, -0.05) is 18.2 Å². The normalized spacial score (nSPS) is 38.6. The third-order valence-electron chi connectivity index (χ3n) is 4.88. The second-order valence-electron chi connectivity index (χ2n) is 7.78. The molecule has 3 fully saturated rings. The Balaban J connectivity index is 1.55. The molecule has 4 heterocycles. The molecule has 0 unspecified atom stereocenters. The van der Waals surface area contributed by atoms with Crippen LogP contribution in [0.25, 0.3) is 10.1 Å². The molecule has 3 saturated heterocycles. The average Bonchev–Trinajstić information content (AvgIpc) is 3.16. The van der Waals surface area contributed by atoms with Crippen molar-refractivity contribution in [1.29, 1.82) is 0 Å². The van der Waals surface area contributed by atoms with E-state index in [1.165, 1.54) is 10.1 Å². The van der Waals surface area contributed by atoms with Gasteiger partial charge in [-0.25, -0.2) is 0 Å². The lowest BCUT2D eigenvalue weighted by Gasteiger charge is -2.36. The smallest absolute Gasteiger partial charge is 0.190 e. The van der Waals surface area contributed by atoms with E-state index in [0.29, 0.717) is 0 Å². The summed E-state index contributed by atoms with van der Waals surface area (Å²) < 4.78 is 32.0. The van der Waals surface area contributed by atoms with Crippen LogP contribution in [0.4, 0.5) is 0 Å². The molecule has 134 valence electrons. The van der Waals surface area contributed by atoms with E-state index >= 15 is 0 Å². The highest BCUT2D eigenvalue weighted by molar-refractivity contribution is 7.19. The molecule has 3 aliphatic heterocycles. The Hall–Kier alpha value is -1.02. The highest BCUT2D eigenvalue weighted by Crippen LogP contribution is 2.49. The minimum atomic E-state index is -0.689. The fourth-order valence-electron chi connectivity index (χ4n) is 3.98. The summed E-state index contributed by atoms with van der Waals surface area (Å²) in [6.45, 7) is 7.67. The molecule has 6 heteroatoms. The van der Waals surface area contributed by atoms with Crippen molar-refractivity contribution in [3.63, 3.8) is 0 Å². The van der Waals surface area contributed by atoms with Gasteiger partial charge in [0.1, 0.15) is 24.4 Å². The van der Waals surface area contributed by atoms with E-state index in [-0.39, 0.29) is 24.4 Å². The lowest BCUT2D eigenvalue weighted by molar-refractivity contribution is -0.235. The van der Waals surface area contributed by atoms with Crippen LogP contribution >= 0.6 is 11.3 Å². The van der Waals surface area contributed by atoms with Crippen LogP contribution in [0.5, 0.6) is 0 Å². The summed E-state index contributed by atoms with van der Waals surface area (Å²) in [5.41, 5.74) is 0. The van der Waals surface area contributed by atoms with Gasteiger partial charge in [0.15, 0.2) is 17.9 Å². The average molecular weight is 362 g/mol. The van der Waals surface area contributed by atoms with E-state index in [0.717, 1.165) is 4.88 Å². The minimum Gasteiger partial charge on any atom is -0.342 e. The van der Waals surface area contributed by atoms with Crippen LogP contribution in [0.15, 0.2) is 30.3 Å². The Kier molecular flexibility index (Phi) is 3.40. The summed E-state index contributed by atoms with van der Waals surface area (Å²) in [5.74, 6) is -1.36. The van der Waals surface area contributed by atoms with E-state index in [4.69, 9.17) is 23.7 Å². The van der Waals surface area contributed by atoms with Crippen molar-refractivity contribution in [3.05, 3.63) is 35.2 Å². The zero-order valence-electron chi connectivity index (χ0n) is 14.7. The predicted octanol–water partition coefficient (Wildman–Crippen LogP) is 3.97. The highest BCUT2D eigenvalue weighted by atomic mass is 32.1. The third-order valence-corrected chi connectivity index (χ3v) is 6.06. The molecule has 0 spiro atoms. The van der Waals surface area contributed by atoms with Gasteiger partial charge < -0.3 is 23.7 Å². The maximum absolute atomic E-state index is 6.33. The Morgan fingerprint density at radius 3 is 2.32 bits per heavy atom. The third kappa shape index (κ3) is 2.63. The van der Waals surface area contributed by atoms with Crippen LogP contribution in [-0.4, -0.2) is 36.2 Å². The lowest BCUT2D eigenvalue weighted by atomic mass is 9.98. The zero-order valence-corrected chi connectivity index (χ0v) is 15.5. The van der Waals surface area contributed by atoms with E-state index in [2.05, 4.69) is 24.3 Å². The molecule has 25 heavy (non-hydrogen) atoms. The van der Waals surface area contributed by atoms with Gasteiger partial charge in [-0.15, -0.1) is 11.3 Å². The van der Waals surface area contributed by atoms with Crippen LogP contribution in [0.3, 0.4) is 0 Å². The second-order valence-corrected chi connectivity index (χ2v) is 8.89. The van der Waals surface area contributed by atoms with Crippen molar-refractivity contribution in [2.75, 3.05) is 0 Å². The first-order chi connectivity index (χ1) is 11.8. The van der Waals surface area contributed by atoms with Crippen molar-refractivity contribution in [3.8, 4) is 0 Å². The molecule has 0 N–H and O–H groups in total. The topological polar surface area (TPSA) is 46.2 Å². The van der Waals surface area contributed by atoms with Gasteiger partial charge in [-0.3, -0.25) is 0 Å². The van der Waals surface area contributed by atoms with Gasteiger partial charge in [-0.05, 0) is 45.2 Å². The summed E-state index contributed by atoms with van der Waals surface area (Å²) in [6, 6.07) is 10.5. The van der Waals surface area contributed by atoms with Crippen LogP contribution in [0, 0.1) is 0 Å². The first-order valence-electron chi connectivity index (χ1n) is 8.67. The molecule has 5 nitrogen and oxygen atoms in total. The fourth-order valence-corrected chi connectivity index (χ4v) is 5.12. The van der Waals surface area contributed by atoms with Gasteiger partial charge in [0.2, 0.25) is 0 Å². The summed E-state index contributed by atoms with van der Waals surface area (Å²) >= 11 is 1.73. The number of benzene rings is 1. The fraction of sp³-hybridized carbons (Fsp3) is 0.579. The Morgan fingerprint density at radius 1 is 0.840 bits per heavy atom.